The number of thioether (sulfide) groups is 1. The van der Waals surface area contributed by atoms with E-state index in [0.717, 1.165) is 16.7 Å². The minimum absolute atomic E-state index is 0.162. The van der Waals surface area contributed by atoms with Crippen molar-refractivity contribution in [1.29, 1.82) is 0 Å². The first kappa shape index (κ1) is 19.3. The van der Waals surface area contributed by atoms with Crippen LogP contribution in [0.5, 0.6) is 0 Å². The quantitative estimate of drug-likeness (QED) is 0.497. The second-order valence-electron chi connectivity index (χ2n) is 6.25. The number of nitrogens with zero attached hydrogens (tertiary/aromatic N) is 3. The number of nitrogens with two attached hydrogens (primary N) is 1. The van der Waals surface area contributed by atoms with Crippen LogP contribution in [0.15, 0.2) is 47.6 Å². The topological polar surface area (TPSA) is 85.8 Å². The Kier molecular flexibility index (Phi) is 5.72. The average molecular weight is 402 g/mol. The number of halogens is 1. The molecule has 1 aromatic heterocycles. The summed E-state index contributed by atoms with van der Waals surface area (Å²) in [5, 5.41) is 11.8. The van der Waals surface area contributed by atoms with Gasteiger partial charge in [-0.3, -0.25) is 4.79 Å². The molecule has 0 aliphatic rings. The molecule has 1 heterocycles. The number of anilines is 1. The molecule has 3 aromatic rings. The van der Waals surface area contributed by atoms with E-state index in [0.29, 0.717) is 21.7 Å². The van der Waals surface area contributed by atoms with E-state index in [9.17, 15) is 4.79 Å². The fraction of sp³-hybridized carbons (Fsp3) is 0.211. The van der Waals surface area contributed by atoms with Gasteiger partial charge in [0.25, 0.3) is 0 Å². The summed E-state index contributed by atoms with van der Waals surface area (Å²) in [6.07, 6.45) is 0. The van der Waals surface area contributed by atoms with Crippen molar-refractivity contribution in [1.82, 2.24) is 14.9 Å². The molecule has 0 aliphatic heterocycles. The Labute approximate surface area is 167 Å². The van der Waals surface area contributed by atoms with Crippen molar-refractivity contribution in [3.63, 3.8) is 0 Å². The van der Waals surface area contributed by atoms with E-state index in [-0.39, 0.29) is 5.91 Å². The van der Waals surface area contributed by atoms with E-state index >= 15 is 0 Å². The van der Waals surface area contributed by atoms with Crippen LogP contribution in [0.25, 0.3) is 11.4 Å². The van der Waals surface area contributed by atoms with Gasteiger partial charge in [0.05, 0.1) is 5.25 Å². The van der Waals surface area contributed by atoms with Crippen LogP contribution in [0.1, 0.15) is 18.1 Å². The maximum Gasteiger partial charge on any atom is 0.237 e. The van der Waals surface area contributed by atoms with Gasteiger partial charge in [-0.1, -0.05) is 59.3 Å². The van der Waals surface area contributed by atoms with Crippen LogP contribution in [-0.2, 0) is 4.79 Å². The number of rotatable bonds is 5. The van der Waals surface area contributed by atoms with Gasteiger partial charge in [0.2, 0.25) is 11.1 Å². The van der Waals surface area contributed by atoms with Gasteiger partial charge >= 0.3 is 0 Å². The zero-order valence-electron chi connectivity index (χ0n) is 15.2. The Morgan fingerprint density at radius 2 is 1.89 bits per heavy atom. The lowest BCUT2D eigenvalue weighted by atomic mass is 10.1. The van der Waals surface area contributed by atoms with Gasteiger partial charge in [-0.15, -0.1) is 10.2 Å². The fourth-order valence-electron chi connectivity index (χ4n) is 2.43. The monoisotopic (exact) mass is 401 g/mol. The maximum atomic E-state index is 12.5. The minimum Gasteiger partial charge on any atom is -0.335 e. The molecule has 140 valence electrons. The van der Waals surface area contributed by atoms with Crippen LogP contribution in [-0.4, -0.2) is 26.0 Å². The summed E-state index contributed by atoms with van der Waals surface area (Å²) in [7, 11) is 0. The van der Waals surface area contributed by atoms with Crippen LogP contribution in [0.2, 0.25) is 5.02 Å². The highest BCUT2D eigenvalue weighted by atomic mass is 35.5. The Bertz CT molecular complexity index is 971. The van der Waals surface area contributed by atoms with Crippen LogP contribution in [0.4, 0.5) is 5.69 Å². The van der Waals surface area contributed by atoms with Crippen molar-refractivity contribution in [2.45, 2.75) is 31.2 Å². The third-order valence-corrected chi connectivity index (χ3v) is 5.38. The van der Waals surface area contributed by atoms with E-state index in [1.165, 1.54) is 16.4 Å². The molecule has 3 rings (SSSR count). The number of nitrogens with one attached hydrogen (secondary N) is 1. The third-order valence-electron chi connectivity index (χ3n) is 4.08. The third kappa shape index (κ3) is 4.43. The van der Waals surface area contributed by atoms with Gasteiger partial charge in [0.1, 0.15) is 0 Å². The molecule has 6 nitrogen and oxygen atoms in total. The first-order chi connectivity index (χ1) is 12.8. The Morgan fingerprint density at radius 3 is 2.59 bits per heavy atom. The number of aryl methyl sites for hydroxylation is 2. The summed E-state index contributed by atoms with van der Waals surface area (Å²) in [5.74, 6) is 6.53. The minimum atomic E-state index is -0.416. The predicted octanol–water partition coefficient (Wildman–Crippen LogP) is 4.05. The van der Waals surface area contributed by atoms with Crippen molar-refractivity contribution < 1.29 is 4.79 Å². The normalized spacial score (nSPS) is 12.0. The molecule has 8 heteroatoms. The lowest BCUT2D eigenvalue weighted by molar-refractivity contribution is -0.115. The molecular formula is C19H20ClN5OS. The van der Waals surface area contributed by atoms with Crippen molar-refractivity contribution in [2.24, 2.45) is 0 Å². The molecule has 1 atom stereocenters. The highest BCUT2D eigenvalue weighted by Crippen LogP contribution is 2.26. The molecule has 2 aromatic carbocycles. The number of benzene rings is 2. The first-order valence-electron chi connectivity index (χ1n) is 8.36. The molecule has 0 saturated heterocycles. The Balaban J connectivity index is 1.72. The molecule has 0 bridgehead atoms. The Morgan fingerprint density at radius 1 is 1.19 bits per heavy atom. The summed E-state index contributed by atoms with van der Waals surface area (Å²) >= 11 is 7.25. The molecule has 0 fully saturated rings. The van der Waals surface area contributed by atoms with Crippen LogP contribution in [0.3, 0.4) is 0 Å². The van der Waals surface area contributed by atoms with E-state index < -0.39 is 5.25 Å². The summed E-state index contributed by atoms with van der Waals surface area (Å²) in [6.45, 7) is 5.72. The zero-order chi connectivity index (χ0) is 19.6. The second kappa shape index (κ2) is 8.02. The summed E-state index contributed by atoms with van der Waals surface area (Å²) in [5.41, 5.74) is 3.65. The lowest BCUT2D eigenvalue weighted by Crippen LogP contribution is -2.24. The van der Waals surface area contributed by atoms with E-state index in [4.69, 9.17) is 17.4 Å². The smallest absolute Gasteiger partial charge is 0.237 e. The van der Waals surface area contributed by atoms with Crippen molar-refractivity contribution in [2.75, 3.05) is 11.2 Å². The predicted molar refractivity (Wildman–Crippen MR) is 110 cm³/mol. The maximum absolute atomic E-state index is 12.5. The van der Waals surface area contributed by atoms with Crippen LogP contribution < -0.4 is 11.2 Å². The number of aromatic nitrogens is 3. The van der Waals surface area contributed by atoms with E-state index in [2.05, 4.69) is 15.5 Å². The Hall–Kier alpha value is -2.51. The van der Waals surface area contributed by atoms with Gasteiger partial charge in [-0.05, 0) is 38.5 Å². The first-order valence-corrected chi connectivity index (χ1v) is 9.62. The molecule has 1 amide bonds. The van der Waals surface area contributed by atoms with E-state index in [1.807, 2.05) is 44.2 Å². The number of nitrogen functional groups attached to an aromatic ring is 1. The van der Waals surface area contributed by atoms with Crippen LogP contribution in [0, 0.1) is 13.8 Å². The number of carbonyl (C=O) groups is 1. The second-order valence-corrected chi connectivity index (χ2v) is 8.00. The van der Waals surface area contributed by atoms with Gasteiger partial charge in [0.15, 0.2) is 5.82 Å². The lowest BCUT2D eigenvalue weighted by Gasteiger charge is -2.13. The molecule has 27 heavy (non-hydrogen) atoms. The van der Waals surface area contributed by atoms with Gasteiger partial charge in [-0.2, -0.15) is 0 Å². The summed E-state index contributed by atoms with van der Waals surface area (Å²) < 4.78 is 1.41. The van der Waals surface area contributed by atoms with Crippen LogP contribution >= 0.6 is 23.4 Å². The van der Waals surface area contributed by atoms with E-state index in [1.54, 1.807) is 19.1 Å². The van der Waals surface area contributed by atoms with Crippen molar-refractivity contribution >= 4 is 35.0 Å². The number of amides is 1. The zero-order valence-corrected chi connectivity index (χ0v) is 16.8. The van der Waals surface area contributed by atoms with Gasteiger partial charge in [-0.25, -0.2) is 4.68 Å². The highest BCUT2D eigenvalue weighted by molar-refractivity contribution is 8.00. The molecule has 0 saturated carbocycles. The number of carbonyl (C=O) groups excluding carboxylic acids is 1. The number of hydrogen-bond donors (Lipinski definition) is 2. The van der Waals surface area contributed by atoms with Gasteiger partial charge < -0.3 is 11.2 Å². The SMILES string of the molecule is Cc1ccc(-c2nnc(S[C@@H](C)C(=O)Nc3cc(Cl)ccc3C)n2N)cc1. The molecular weight excluding hydrogens is 382 g/mol. The summed E-state index contributed by atoms with van der Waals surface area (Å²) in [6, 6.07) is 13.2. The molecule has 0 radical (unpaired) electrons. The van der Waals surface area contributed by atoms with Gasteiger partial charge in [0, 0.05) is 16.3 Å². The number of hydrogen-bond acceptors (Lipinski definition) is 5. The molecule has 3 N–H and O–H groups in total. The average Bonchev–Trinajstić information content (AvgIpc) is 2.99. The molecule has 0 unspecified atom stereocenters. The van der Waals surface area contributed by atoms with Crippen molar-refractivity contribution in [3.8, 4) is 11.4 Å². The van der Waals surface area contributed by atoms with Crippen molar-refractivity contribution in [3.05, 3.63) is 58.6 Å². The largest absolute Gasteiger partial charge is 0.335 e. The molecule has 0 aliphatic carbocycles. The standard InChI is InChI=1S/C19H20ClN5OS/c1-11-4-7-14(8-5-11)17-23-24-19(25(17)21)27-13(3)18(26)22-16-10-15(20)9-6-12(16)2/h4-10,13H,21H2,1-3H3,(H,22,26)/t13-/m0/s1. The summed E-state index contributed by atoms with van der Waals surface area (Å²) in [4.78, 5) is 12.5. The fourth-order valence-corrected chi connectivity index (χ4v) is 3.37. The highest BCUT2D eigenvalue weighted by Gasteiger charge is 2.20. The molecule has 0 spiro atoms.